The third-order valence-corrected chi connectivity index (χ3v) is 2.66. The van der Waals surface area contributed by atoms with Crippen molar-refractivity contribution in [1.82, 2.24) is 0 Å². The molecule has 0 unspecified atom stereocenters. The van der Waals surface area contributed by atoms with Crippen molar-refractivity contribution in [1.29, 1.82) is 0 Å². The number of esters is 1. The van der Waals surface area contributed by atoms with Crippen molar-refractivity contribution in [3.63, 3.8) is 0 Å². The van der Waals surface area contributed by atoms with E-state index in [9.17, 15) is 26.7 Å². The molecule has 118 valence electrons. The number of rotatable bonds is 9. The van der Waals surface area contributed by atoms with Crippen molar-refractivity contribution in [3.05, 3.63) is 11.7 Å². The van der Waals surface area contributed by atoms with Crippen LogP contribution < -0.4 is 0 Å². The first kappa shape index (κ1) is 18.9. The van der Waals surface area contributed by atoms with E-state index in [0.717, 1.165) is 32.1 Å². The number of hydrogen-bond acceptors (Lipinski definition) is 2. The van der Waals surface area contributed by atoms with Gasteiger partial charge < -0.3 is 4.74 Å². The molecule has 0 rings (SSSR count). The zero-order valence-electron chi connectivity index (χ0n) is 11.4. The number of carbonyl (C=O) groups is 1. The van der Waals surface area contributed by atoms with Crippen molar-refractivity contribution in [2.24, 2.45) is 0 Å². The lowest BCUT2D eigenvalue weighted by Gasteiger charge is -2.10. The molecule has 7 heteroatoms. The number of halogens is 5. The standard InChI is InChI=1S/C13H19F5O2/c1-2-3-4-5-6-7-8-9-20-12(19)10(11(14)15)13(16,17)18/h2-9H2,1H3. The van der Waals surface area contributed by atoms with Crippen LogP contribution in [0.5, 0.6) is 0 Å². The van der Waals surface area contributed by atoms with Gasteiger partial charge in [0.1, 0.15) is 0 Å². The zero-order chi connectivity index (χ0) is 15.6. The van der Waals surface area contributed by atoms with Crippen LogP contribution >= 0.6 is 0 Å². The predicted molar refractivity (Wildman–Crippen MR) is 64.2 cm³/mol. The van der Waals surface area contributed by atoms with Gasteiger partial charge in [-0.25, -0.2) is 4.79 Å². The van der Waals surface area contributed by atoms with Gasteiger partial charge in [0.2, 0.25) is 5.57 Å². The maximum absolute atomic E-state index is 12.1. The third-order valence-electron chi connectivity index (χ3n) is 2.66. The Hall–Kier alpha value is -1.14. The highest BCUT2D eigenvalue weighted by atomic mass is 19.4. The van der Waals surface area contributed by atoms with Gasteiger partial charge in [-0.2, -0.15) is 22.0 Å². The molecule has 0 heterocycles. The molecule has 0 spiro atoms. The molecule has 0 aliphatic heterocycles. The van der Waals surface area contributed by atoms with Crippen LogP contribution in [-0.2, 0) is 9.53 Å². The topological polar surface area (TPSA) is 26.3 Å². The highest BCUT2D eigenvalue weighted by Crippen LogP contribution is 2.30. The number of ether oxygens (including phenoxy) is 1. The summed E-state index contributed by atoms with van der Waals surface area (Å²) in [6.45, 7) is 1.80. The van der Waals surface area contributed by atoms with Crippen molar-refractivity contribution in [2.75, 3.05) is 6.61 Å². The lowest BCUT2D eigenvalue weighted by Crippen LogP contribution is -2.23. The van der Waals surface area contributed by atoms with Gasteiger partial charge >= 0.3 is 12.1 Å². The number of hydrogen-bond donors (Lipinski definition) is 0. The molecule has 0 bridgehead atoms. The second kappa shape index (κ2) is 9.72. The average molecular weight is 302 g/mol. The molecule has 0 saturated carbocycles. The summed E-state index contributed by atoms with van der Waals surface area (Å²) in [6, 6.07) is 0. The number of alkyl halides is 3. The average Bonchev–Trinajstić information content (AvgIpc) is 2.30. The Morgan fingerprint density at radius 3 is 1.90 bits per heavy atom. The lowest BCUT2D eigenvalue weighted by molar-refractivity contribution is -0.152. The number of carbonyl (C=O) groups excluding carboxylic acids is 1. The smallest absolute Gasteiger partial charge is 0.428 e. The van der Waals surface area contributed by atoms with E-state index in [-0.39, 0.29) is 6.61 Å². The van der Waals surface area contributed by atoms with Crippen LogP contribution in [0.3, 0.4) is 0 Å². The van der Waals surface area contributed by atoms with Crippen LogP contribution in [0.25, 0.3) is 0 Å². The summed E-state index contributed by atoms with van der Waals surface area (Å²) in [5, 5.41) is 0. The van der Waals surface area contributed by atoms with Crippen LogP contribution in [0.4, 0.5) is 22.0 Å². The Kier molecular flexibility index (Phi) is 9.16. The molecule has 0 saturated heterocycles. The van der Waals surface area contributed by atoms with Gasteiger partial charge in [0.25, 0.3) is 6.08 Å². The van der Waals surface area contributed by atoms with Crippen LogP contribution in [-0.4, -0.2) is 18.8 Å². The Bertz CT molecular complexity index is 319. The monoisotopic (exact) mass is 302 g/mol. The maximum Gasteiger partial charge on any atom is 0.428 e. The fourth-order valence-corrected chi connectivity index (χ4v) is 1.60. The van der Waals surface area contributed by atoms with Gasteiger partial charge in [0, 0.05) is 0 Å². The molecule has 0 aromatic carbocycles. The predicted octanol–water partition coefficient (Wildman–Crippen LogP) is 4.99. The SMILES string of the molecule is CCCCCCCCCOC(=O)C(=C(F)F)C(F)(F)F. The van der Waals surface area contributed by atoms with E-state index in [1.54, 1.807) is 0 Å². The molecule has 2 nitrogen and oxygen atoms in total. The van der Waals surface area contributed by atoms with Crippen LogP contribution in [0, 0.1) is 0 Å². The summed E-state index contributed by atoms with van der Waals surface area (Å²) in [5.41, 5.74) is -2.51. The minimum absolute atomic E-state index is 0.278. The summed E-state index contributed by atoms with van der Waals surface area (Å²) in [6.07, 6.45) is -2.17. The minimum Gasteiger partial charge on any atom is -0.462 e. The first-order valence-electron chi connectivity index (χ1n) is 6.60. The van der Waals surface area contributed by atoms with Gasteiger partial charge in [-0.1, -0.05) is 45.4 Å². The highest BCUT2D eigenvalue weighted by molar-refractivity contribution is 5.90. The fraction of sp³-hybridized carbons (Fsp3) is 0.769. The van der Waals surface area contributed by atoms with Crippen molar-refractivity contribution in [2.45, 2.75) is 58.0 Å². The Labute approximate surface area is 115 Å². The van der Waals surface area contributed by atoms with E-state index >= 15 is 0 Å². The van der Waals surface area contributed by atoms with Gasteiger partial charge in [-0.15, -0.1) is 0 Å². The van der Waals surface area contributed by atoms with Crippen LogP contribution in [0.1, 0.15) is 51.9 Å². The van der Waals surface area contributed by atoms with E-state index in [4.69, 9.17) is 0 Å². The molecule has 0 atom stereocenters. The van der Waals surface area contributed by atoms with E-state index in [1.807, 2.05) is 0 Å². The molecule has 0 amide bonds. The quantitative estimate of drug-likeness (QED) is 0.259. The second-order valence-electron chi connectivity index (χ2n) is 4.39. The summed E-state index contributed by atoms with van der Waals surface area (Å²) in [5.74, 6) is -2.01. The highest BCUT2D eigenvalue weighted by Gasteiger charge is 2.44. The summed E-state index contributed by atoms with van der Waals surface area (Å²) < 4.78 is 64.7. The first-order chi connectivity index (χ1) is 9.30. The molecule has 0 aliphatic rings. The summed E-state index contributed by atoms with van der Waals surface area (Å²) >= 11 is 0. The first-order valence-corrected chi connectivity index (χ1v) is 6.60. The molecule has 0 radical (unpaired) electrons. The Balaban J connectivity index is 3.91. The van der Waals surface area contributed by atoms with Gasteiger partial charge in [-0.3, -0.25) is 0 Å². The van der Waals surface area contributed by atoms with Gasteiger partial charge in [-0.05, 0) is 6.42 Å². The van der Waals surface area contributed by atoms with Gasteiger partial charge in [0.15, 0.2) is 0 Å². The van der Waals surface area contributed by atoms with Crippen LogP contribution in [0.15, 0.2) is 11.7 Å². The molecule has 0 aromatic heterocycles. The normalized spacial score (nSPS) is 11.3. The minimum atomic E-state index is -5.39. The largest absolute Gasteiger partial charge is 0.462 e. The van der Waals surface area contributed by atoms with E-state index < -0.39 is 23.8 Å². The molecule has 0 N–H and O–H groups in total. The Morgan fingerprint density at radius 2 is 1.45 bits per heavy atom. The zero-order valence-corrected chi connectivity index (χ0v) is 11.4. The molecular weight excluding hydrogens is 283 g/mol. The summed E-state index contributed by atoms with van der Waals surface area (Å²) in [7, 11) is 0. The molecule has 0 aliphatic carbocycles. The van der Waals surface area contributed by atoms with E-state index in [0.29, 0.717) is 12.8 Å². The van der Waals surface area contributed by atoms with E-state index in [2.05, 4.69) is 11.7 Å². The van der Waals surface area contributed by atoms with Crippen LogP contribution in [0.2, 0.25) is 0 Å². The number of unbranched alkanes of at least 4 members (excludes halogenated alkanes) is 6. The Morgan fingerprint density at radius 1 is 0.950 bits per heavy atom. The maximum atomic E-state index is 12.1. The molecule has 0 aromatic rings. The van der Waals surface area contributed by atoms with Crippen molar-refractivity contribution < 1.29 is 31.5 Å². The fourth-order valence-electron chi connectivity index (χ4n) is 1.60. The van der Waals surface area contributed by atoms with Crippen molar-refractivity contribution >= 4 is 5.97 Å². The van der Waals surface area contributed by atoms with E-state index in [1.165, 1.54) is 0 Å². The molecule has 20 heavy (non-hydrogen) atoms. The van der Waals surface area contributed by atoms with Crippen molar-refractivity contribution in [3.8, 4) is 0 Å². The summed E-state index contributed by atoms with van der Waals surface area (Å²) in [4.78, 5) is 10.9. The lowest BCUT2D eigenvalue weighted by atomic mass is 10.1. The van der Waals surface area contributed by atoms with Gasteiger partial charge in [0.05, 0.1) is 6.61 Å². The molecular formula is C13H19F5O2. The molecule has 0 fully saturated rings. The third kappa shape index (κ3) is 8.12. The second-order valence-corrected chi connectivity index (χ2v) is 4.39.